The molecular weight excluding hydrogens is 220 g/mol. The fourth-order valence-electron chi connectivity index (χ4n) is 1.86. The number of thiol groups is 1. The second kappa shape index (κ2) is 6.69. The van der Waals surface area contributed by atoms with Crippen LogP contribution in [0.1, 0.15) is 24.0 Å². The maximum atomic E-state index is 5.45. The van der Waals surface area contributed by atoms with Gasteiger partial charge in [-0.05, 0) is 43.6 Å². The molecule has 0 aliphatic heterocycles. The Morgan fingerprint density at radius 3 is 2.44 bits per heavy atom. The third-order valence-corrected chi connectivity index (χ3v) is 3.03. The van der Waals surface area contributed by atoms with E-state index in [0.717, 1.165) is 42.1 Å². The van der Waals surface area contributed by atoms with Crippen LogP contribution in [0, 0.1) is 6.92 Å². The molecule has 0 bridgehead atoms. The molecule has 1 aromatic rings. The number of aryl methyl sites for hydroxylation is 1. The van der Waals surface area contributed by atoms with Crippen LogP contribution < -0.4 is 9.47 Å². The van der Waals surface area contributed by atoms with E-state index in [1.165, 1.54) is 5.56 Å². The fourth-order valence-corrected chi connectivity index (χ4v) is 2.08. The largest absolute Gasteiger partial charge is 0.496 e. The zero-order valence-corrected chi connectivity index (χ0v) is 11.1. The van der Waals surface area contributed by atoms with Crippen molar-refractivity contribution < 1.29 is 9.47 Å². The molecule has 1 aromatic carbocycles. The third-order valence-electron chi connectivity index (χ3n) is 2.72. The van der Waals surface area contributed by atoms with Gasteiger partial charge in [-0.1, -0.05) is 6.07 Å². The van der Waals surface area contributed by atoms with Crippen molar-refractivity contribution >= 4 is 12.6 Å². The lowest BCUT2D eigenvalue weighted by molar-refractivity contribution is 0.385. The summed E-state index contributed by atoms with van der Waals surface area (Å²) in [7, 11) is 3.40. The van der Waals surface area contributed by atoms with Gasteiger partial charge in [-0.3, -0.25) is 0 Å². The molecule has 0 radical (unpaired) electrons. The Labute approximate surface area is 103 Å². The van der Waals surface area contributed by atoms with Crippen LogP contribution in [0.15, 0.2) is 12.1 Å². The van der Waals surface area contributed by atoms with E-state index in [-0.39, 0.29) is 0 Å². The molecule has 3 heteroatoms. The van der Waals surface area contributed by atoms with Crippen molar-refractivity contribution in [2.24, 2.45) is 0 Å². The minimum atomic E-state index is 0.884. The van der Waals surface area contributed by atoms with E-state index in [9.17, 15) is 0 Å². The molecule has 0 saturated carbocycles. The summed E-state index contributed by atoms with van der Waals surface area (Å²) in [5, 5.41) is 0. The van der Waals surface area contributed by atoms with E-state index >= 15 is 0 Å². The van der Waals surface area contributed by atoms with Crippen LogP contribution in [0.25, 0.3) is 0 Å². The average molecular weight is 240 g/mol. The number of hydrogen-bond donors (Lipinski definition) is 1. The van der Waals surface area contributed by atoms with Crippen molar-refractivity contribution in [3.8, 4) is 11.5 Å². The molecule has 0 aromatic heterocycles. The molecule has 0 N–H and O–H groups in total. The normalized spacial score (nSPS) is 10.2. The Kier molecular flexibility index (Phi) is 5.53. The van der Waals surface area contributed by atoms with Crippen LogP contribution in [-0.4, -0.2) is 20.0 Å². The standard InChI is InChI=1S/C13H20O2S/c1-10-12(14-2)8-7-11(13(10)15-3)6-4-5-9-16/h7-8,16H,4-6,9H2,1-3H3. The number of methoxy groups -OCH3 is 2. The Morgan fingerprint density at radius 2 is 1.88 bits per heavy atom. The van der Waals surface area contributed by atoms with Crippen molar-refractivity contribution in [1.29, 1.82) is 0 Å². The molecule has 0 heterocycles. The molecule has 0 aliphatic rings. The summed E-state index contributed by atoms with van der Waals surface area (Å²) in [6.45, 7) is 2.03. The van der Waals surface area contributed by atoms with E-state index < -0.39 is 0 Å². The Balaban J connectivity index is 2.88. The first-order valence-electron chi connectivity index (χ1n) is 5.56. The molecule has 0 fully saturated rings. The SMILES string of the molecule is COc1ccc(CCCCS)c(OC)c1C. The van der Waals surface area contributed by atoms with Crippen LogP contribution in [0.4, 0.5) is 0 Å². The first-order chi connectivity index (χ1) is 7.74. The topological polar surface area (TPSA) is 18.5 Å². The van der Waals surface area contributed by atoms with E-state index in [1.54, 1.807) is 14.2 Å². The van der Waals surface area contributed by atoms with Crippen LogP contribution in [0.5, 0.6) is 11.5 Å². The highest BCUT2D eigenvalue weighted by atomic mass is 32.1. The molecule has 16 heavy (non-hydrogen) atoms. The maximum absolute atomic E-state index is 5.45. The Hall–Kier alpha value is -0.830. The van der Waals surface area contributed by atoms with E-state index in [2.05, 4.69) is 18.7 Å². The van der Waals surface area contributed by atoms with Gasteiger partial charge in [0.05, 0.1) is 14.2 Å². The number of unbranched alkanes of at least 4 members (excludes halogenated alkanes) is 1. The van der Waals surface area contributed by atoms with Gasteiger partial charge in [0.15, 0.2) is 0 Å². The molecule has 0 atom stereocenters. The highest BCUT2D eigenvalue weighted by Gasteiger charge is 2.10. The fraction of sp³-hybridized carbons (Fsp3) is 0.538. The predicted molar refractivity (Wildman–Crippen MR) is 71.1 cm³/mol. The third kappa shape index (κ3) is 3.08. The summed E-state index contributed by atoms with van der Waals surface area (Å²) in [4.78, 5) is 0. The summed E-state index contributed by atoms with van der Waals surface area (Å²) in [6.07, 6.45) is 3.32. The minimum Gasteiger partial charge on any atom is -0.496 e. The van der Waals surface area contributed by atoms with E-state index in [0.29, 0.717) is 0 Å². The van der Waals surface area contributed by atoms with Gasteiger partial charge in [-0.15, -0.1) is 0 Å². The van der Waals surface area contributed by atoms with Crippen molar-refractivity contribution in [1.82, 2.24) is 0 Å². The molecule has 0 saturated heterocycles. The van der Waals surface area contributed by atoms with Gasteiger partial charge in [0.2, 0.25) is 0 Å². The zero-order chi connectivity index (χ0) is 12.0. The number of hydrogen-bond acceptors (Lipinski definition) is 3. The molecule has 1 rings (SSSR count). The molecule has 90 valence electrons. The highest BCUT2D eigenvalue weighted by molar-refractivity contribution is 7.80. The summed E-state index contributed by atoms with van der Waals surface area (Å²) >= 11 is 4.22. The van der Waals surface area contributed by atoms with Gasteiger partial charge in [0, 0.05) is 5.56 Å². The van der Waals surface area contributed by atoms with Gasteiger partial charge in [-0.25, -0.2) is 0 Å². The van der Waals surface area contributed by atoms with Gasteiger partial charge < -0.3 is 9.47 Å². The predicted octanol–water partition coefficient (Wildman–Crippen LogP) is 3.26. The molecule has 2 nitrogen and oxygen atoms in total. The Morgan fingerprint density at radius 1 is 1.12 bits per heavy atom. The van der Waals surface area contributed by atoms with E-state index in [4.69, 9.17) is 9.47 Å². The molecular formula is C13H20O2S. The number of ether oxygens (including phenoxy) is 2. The van der Waals surface area contributed by atoms with Gasteiger partial charge >= 0.3 is 0 Å². The van der Waals surface area contributed by atoms with Gasteiger partial charge in [-0.2, -0.15) is 12.6 Å². The average Bonchev–Trinajstić information content (AvgIpc) is 2.30. The van der Waals surface area contributed by atoms with Crippen LogP contribution in [-0.2, 0) is 6.42 Å². The van der Waals surface area contributed by atoms with Crippen molar-refractivity contribution in [2.45, 2.75) is 26.2 Å². The summed E-state index contributed by atoms with van der Waals surface area (Å²) in [6, 6.07) is 4.09. The lowest BCUT2D eigenvalue weighted by atomic mass is 10.0. The Bertz CT molecular complexity index is 337. The second-order valence-corrected chi connectivity index (χ2v) is 4.21. The van der Waals surface area contributed by atoms with Crippen molar-refractivity contribution in [3.63, 3.8) is 0 Å². The van der Waals surface area contributed by atoms with Crippen molar-refractivity contribution in [3.05, 3.63) is 23.3 Å². The number of rotatable bonds is 6. The van der Waals surface area contributed by atoms with E-state index in [1.807, 2.05) is 13.0 Å². The van der Waals surface area contributed by atoms with Crippen LogP contribution in [0.3, 0.4) is 0 Å². The maximum Gasteiger partial charge on any atom is 0.128 e. The van der Waals surface area contributed by atoms with Crippen LogP contribution >= 0.6 is 12.6 Å². The molecule has 0 amide bonds. The van der Waals surface area contributed by atoms with Crippen LogP contribution in [0.2, 0.25) is 0 Å². The summed E-state index contributed by atoms with van der Waals surface area (Å²) in [5.74, 6) is 2.78. The monoisotopic (exact) mass is 240 g/mol. The highest BCUT2D eigenvalue weighted by Crippen LogP contribution is 2.32. The molecule has 0 unspecified atom stereocenters. The lowest BCUT2D eigenvalue weighted by Crippen LogP contribution is -1.98. The first-order valence-corrected chi connectivity index (χ1v) is 6.19. The smallest absolute Gasteiger partial charge is 0.128 e. The summed E-state index contributed by atoms with van der Waals surface area (Å²) < 4.78 is 10.7. The van der Waals surface area contributed by atoms with Gasteiger partial charge in [0.1, 0.15) is 11.5 Å². The van der Waals surface area contributed by atoms with Gasteiger partial charge in [0.25, 0.3) is 0 Å². The first kappa shape index (κ1) is 13.2. The lowest BCUT2D eigenvalue weighted by Gasteiger charge is -2.14. The summed E-state index contributed by atoms with van der Waals surface area (Å²) in [5.41, 5.74) is 2.33. The zero-order valence-electron chi connectivity index (χ0n) is 10.2. The minimum absolute atomic E-state index is 0.884. The molecule has 0 aliphatic carbocycles. The number of benzene rings is 1. The second-order valence-electron chi connectivity index (χ2n) is 3.77. The van der Waals surface area contributed by atoms with Crippen molar-refractivity contribution in [2.75, 3.05) is 20.0 Å². The quantitative estimate of drug-likeness (QED) is 0.608. The molecule has 0 spiro atoms.